The monoisotopic (exact) mass is 307 g/mol. The van der Waals surface area contributed by atoms with Gasteiger partial charge in [0.15, 0.2) is 0 Å². The molecule has 1 fully saturated rings. The number of hydrogen-bond donors (Lipinski definition) is 1. The smallest absolute Gasteiger partial charge is 0.283 e. The Balaban J connectivity index is 2.10. The average molecular weight is 308 g/mol. The minimum atomic E-state index is -2.74. The number of alkyl halides is 2. The van der Waals surface area contributed by atoms with Crippen molar-refractivity contribution in [2.75, 3.05) is 20.3 Å². The maximum atomic E-state index is 12.8. The van der Waals surface area contributed by atoms with Crippen LogP contribution in [0.2, 0.25) is 5.02 Å². The van der Waals surface area contributed by atoms with E-state index >= 15 is 0 Å². The molecule has 0 aliphatic heterocycles. The Labute approximate surface area is 120 Å². The summed E-state index contributed by atoms with van der Waals surface area (Å²) in [6.07, 6.45) is -0.962. The van der Waals surface area contributed by atoms with E-state index in [-0.39, 0.29) is 23.4 Å². The lowest BCUT2D eigenvalue weighted by Gasteiger charge is -2.07. The van der Waals surface area contributed by atoms with Crippen molar-refractivity contribution in [1.29, 1.82) is 0 Å². The highest BCUT2D eigenvalue weighted by atomic mass is 35.5. The first-order chi connectivity index (χ1) is 9.54. The van der Waals surface area contributed by atoms with Crippen molar-refractivity contribution in [2.24, 2.45) is 0 Å². The maximum Gasteiger partial charge on any atom is 0.283 e. The second kappa shape index (κ2) is 6.49. The van der Waals surface area contributed by atoms with Crippen LogP contribution in [-0.4, -0.2) is 35.9 Å². The van der Waals surface area contributed by atoms with Gasteiger partial charge in [-0.2, -0.15) is 5.10 Å². The molecule has 0 radical (unpaired) electrons. The van der Waals surface area contributed by atoms with E-state index in [4.69, 9.17) is 16.3 Å². The molecule has 2 rings (SSSR count). The van der Waals surface area contributed by atoms with Gasteiger partial charge in [0.05, 0.1) is 17.3 Å². The van der Waals surface area contributed by atoms with Crippen LogP contribution in [0.1, 0.15) is 36.6 Å². The quantitative estimate of drug-likeness (QED) is 0.785. The van der Waals surface area contributed by atoms with Gasteiger partial charge in [-0.15, -0.1) is 0 Å². The van der Waals surface area contributed by atoms with Crippen LogP contribution in [0.15, 0.2) is 0 Å². The van der Waals surface area contributed by atoms with Gasteiger partial charge in [-0.05, 0) is 12.8 Å². The van der Waals surface area contributed by atoms with Crippen LogP contribution in [0.5, 0.6) is 0 Å². The largest absolute Gasteiger partial charge is 0.383 e. The minimum absolute atomic E-state index is 0.00723. The zero-order valence-corrected chi connectivity index (χ0v) is 11.8. The highest BCUT2D eigenvalue weighted by molar-refractivity contribution is 6.32. The fourth-order valence-corrected chi connectivity index (χ4v) is 2.34. The third-order valence-electron chi connectivity index (χ3n) is 3.05. The topological polar surface area (TPSA) is 56.1 Å². The van der Waals surface area contributed by atoms with Gasteiger partial charge in [-0.3, -0.25) is 9.48 Å². The molecule has 0 atom stereocenters. The lowest BCUT2D eigenvalue weighted by atomic mass is 10.2. The van der Waals surface area contributed by atoms with E-state index in [0.29, 0.717) is 18.8 Å². The number of nitrogens with one attached hydrogen (secondary N) is 1. The van der Waals surface area contributed by atoms with Crippen molar-refractivity contribution >= 4 is 17.5 Å². The van der Waals surface area contributed by atoms with Gasteiger partial charge in [-0.25, -0.2) is 8.78 Å². The number of nitrogens with zero attached hydrogens (tertiary/aromatic N) is 2. The molecule has 0 unspecified atom stereocenters. The zero-order chi connectivity index (χ0) is 14.7. The number of hydrogen-bond acceptors (Lipinski definition) is 3. The van der Waals surface area contributed by atoms with Crippen molar-refractivity contribution in [3.63, 3.8) is 0 Å². The fourth-order valence-electron chi connectivity index (χ4n) is 1.96. The lowest BCUT2D eigenvalue weighted by molar-refractivity contribution is -0.122. The molecule has 1 aromatic rings. The van der Waals surface area contributed by atoms with E-state index < -0.39 is 12.1 Å². The van der Waals surface area contributed by atoms with Crippen LogP contribution in [0, 0.1) is 0 Å². The van der Waals surface area contributed by atoms with Gasteiger partial charge in [-0.1, -0.05) is 11.6 Å². The summed E-state index contributed by atoms with van der Waals surface area (Å²) in [6.45, 7) is 0.649. The molecule has 0 aromatic carbocycles. The Hall–Kier alpha value is -1.21. The van der Waals surface area contributed by atoms with Gasteiger partial charge in [0.1, 0.15) is 12.2 Å². The normalized spacial score (nSPS) is 14.8. The van der Waals surface area contributed by atoms with Crippen LogP contribution in [0.4, 0.5) is 8.78 Å². The van der Waals surface area contributed by atoms with Crippen LogP contribution < -0.4 is 5.32 Å². The van der Waals surface area contributed by atoms with E-state index in [1.165, 1.54) is 11.8 Å². The molecule has 1 aliphatic carbocycles. The predicted molar refractivity (Wildman–Crippen MR) is 69.1 cm³/mol. The highest BCUT2D eigenvalue weighted by Crippen LogP contribution is 2.45. The molecule has 1 saturated carbocycles. The molecule has 0 spiro atoms. The Kier molecular flexibility index (Phi) is 4.93. The summed E-state index contributed by atoms with van der Waals surface area (Å²) >= 11 is 5.95. The maximum absolute atomic E-state index is 12.8. The number of halogens is 3. The molecular weight excluding hydrogens is 292 g/mol. The molecule has 1 aromatic heterocycles. The van der Waals surface area contributed by atoms with E-state index in [1.807, 2.05) is 0 Å². The SMILES string of the molecule is COCCNC(=O)Cn1nc(C(F)F)c(Cl)c1C1CC1. The molecule has 1 amide bonds. The Morgan fingerprint density at radius 2 is 2.30 bits per heavy atom. The van der Waals surface area contributed by atoms with Gasteiger partial charge >= 0.3 is 0 Å². The summed E-state index contributed by atoms with van der Waals surface area (Å²) in [4.78, 5) is 11.7. The molecule has 0 bridgehead atoms. The first-order valence-electron chi connectivity index (χ1n) is 6.34. The predicted octanol–water partition coefficient (Wildman–Crippen LogP) is 2.11. The van der Waals surface area contributed by atoms with Gasteiger partial charge in [0, 0.05) is 19.6 Å². The molecular formula is C12H16ClF2N3O2. The summed E-state index contributed by atoms with van der Waals surface area (Å²) in [5.41, 5.74) is 0.0992. The molecule has 8 heteroatoms. The molecule has 20 heavy (non-hydrogen) atoms. The van der Waals surface area contributed by atoms with Gasteiger partial charge < -0.3 is 10.1 Å². The summed E-state index contributed by atoms with van der Waals surface area (Å²) in [5, 5.41) is 6.40. The third-order valence-corrected chi connectivity index (χ3v) is 3.44. The van der Waals surface area contributed by atoms with E-state index in [9.17, 15) is 13.6 Å². The van der Waals surface area contributed by atoms with Crippen molar-refractivity contribution < 1.29 is 18.3 Å². The van der Waals surface area contributed by atoms with Crippen LogP contribution in [0.25, 0.3) is 0 Å². The van der Waals surface area contributed by atoms with Crippen molar-refractivity contribution in [3.8, 4) is 0 Å². The fraction of sp³-hybridized carbons (Fsp3) is 0.667. The molecule has 0 saturated heterocycles. The Bertz CT molecular complexity index is 489. The lowest BCUT2D eigenvalue weighted by Crippen LogP contribution is -2.31. The second-order valence-corrected chi connectivity index (χ2v) is 5.04. The second-order valence-electron chi connectivity index (χ2n) is 4.66. The number of methoxy groups -OCH3 is 1. The average Bonchev–Trinajstić information content (AvgIpc) is 3.15. The summed E-state index contributed by atoms with van der Waals surface area (Å²) < 4.78 is 31.7. The first kappa shape index (κ1) is 15.2. The number of aromatic nitrogens is 2. The number of rotatable bonds is 7. The first-order valence-corrected chi connectivity index (χ1v) is 6.72. The Morgan fingerprint density at radius 3 is 2.85 bits per heavy atom. The molecule has 1 heterocycles. The van der Waals surface area contributed by atoms with Crippen molar-refractivity contribution in [1.82, 2.24) is 15.1 Å². The van der Waals surface area contributed by atoms with Gasteiger partial charge in [0.2, 0.25) is 5.91 Å². The number of carbonyl (C=O) groups is 1. The molecule has 1 N–H and O–H groups in total. The van der Waals surface area contributed by atoms with E-state index in [1.54, 1.807) is 0 Å². The van der Waals surface area contributed by atoms with Gasteiger partial charge in [0.25, 0.3) is 6.43 Å². The molecule has 5 nitrogen and oxygen atoms in total. The van der Waals surface area contributed by atoms with E-state index in [2.05, 4.69) is 10.4 Å². The number of ether oxygens (including phenoxy) is 1. The zero-order valence-electron chi connectivity index (χ0n) is 11.0. The minimum Gasteiger partial charge on any atom is -0.383 e. The van der Waals surface area contributed by atoms with Crippen molar-refractivity contribution in [3.05, 3.63) is 16.4 Å². The standard InChI is InChI=1S/C12H16ClF2N3O2/c1-20-5-4-16-8(19)6-18-11(7-2-3-7)9(13)10(17-18)12(14)15/h7,12H,2-6H2,1H3,(H,16,19). The summed E-state index contributed by atoms with van der Waals surface area (Å²) in [7, 11) is 1.53. The number of carbonyl (C=O) groups excluding carboxylic acids is 1. The highest BCUT2D eigenvalue weighted by Gasteiger charge is 2.34. The molecule has 1 aliphatic rings. The summed E-state index contributed by atoms with van der Waals surface area (Å²) in [6, 6.07) is 0. The van der Waals surface area contributed by atoms with Crippen LogP contribution >= 0.6 is 11.6 Å². The van der Waals surface area contributed by atoms with Crippen LogP contribution in [0.3, 0.4) is 0 Å². The molecule has 112 valence electrons. The van der Waals surface area contributed by atoms with Crippen LogP contribution in [-0.2, 0) is 16.1 Å². The van der Waals surface area contributed by atoms with E-state index in [0.717, 1.165) is 12.8 Å². The van der Waals surface area contributed by atoms with Crippen molar-refractivity contribution in [2.45, 2.75) is 31.7 Å². The summed E-state index contributed by atoms with van der Waals surface area (Å²) in [5.74, 6) is -0.168. The number of amides is 1. The Morgan fingerprint density at radius 1 is 1.60 bits per heavy atom. The third kappa shape index (κ3) is 3.46.